The molecule has 3 aromatic rings. The monoisotopic (exact) mass is 425 g/mol. The van der Waals surface area contributed by atoms with Gasteiger partial charge in [0.2, 0.25) is 0 Å². The van der Waals surface area contributed by atoms with Crippen LogP contribution in [0, 0.1) is 13.8 Å². The second kappa shape index (κ2) is 8.92. The fraction of sp³-hybridized carbons (Fsp3) is 0.182. The third kappa shape index (κ3) is 4.75. The van der Waals surface area contributed by atoms with Gasteiger partial charge in [-0.15, -0.1) is 0 Å². The van der Waals surface area contributed by atoms with Gasteiger partial charge < -0.3 is 10.1 Å². The molecule has 154 valence electrons. The highest BCUT2D eigenvalue weighted by Gasteiger charge is 2.14. The van der Waals surface area contributed by atoms with Gasteiger partial charge in [-0.25, -0.2) is 9.48 Å². The molecule has 0 aliphatic rings. The molecule has 0 spiro atoms. The minimum Gasteiger partial charge on any atom is -0.452 e. The average Bonchev–Trinajstić information content (AvgIpc) is 2.99. The molecule has 0 unspecified atom stereocenters. The van der Waals surface area contributed by atoms with E-state index in [9.17, 15) is 14.4 Å². The molecule has 0 saturated carbocycles. The molecule has 1 aromatic heterocycles. The number of aromatic nitrogens is 2. The summed E-state index contributed by atoms with van der Waals surface area (Å²) < 4.78 is 6.76. The number of nitrogens with one attached hydrogen (secondary N) is 1. The fourth-order valence-corrected chi connectivity index (χ4v) is 2.96. The Balaban J connectivity index is 1.59. The molecular weight excluding hydrogens is 406 g/mol. The molecule has 1 N–H and O–H groups in total. The number of amides is 1. The first-order valence-electron chi connectivity index (χ1n) is 9.16. The second-order valence-electron chi connectivity index (χ2n) is 6.70. The van der Waals surface area contributed by atoms with Crippen molar-refractivity contribution in [3.05, 3.63) is 76.1 Å². The molecule has 0 atom stereocenters. The predicted molar refractivity (Wildman–Crippen MR) is 113 cm³/mol. The Morgan fingerprint density at radius 2 is 1.77 bits per heavy atom. The molecule has 1 amide bonds. The number of Topliss-reactive ketones (excluding diaryl/α,β-unsaturated/α-hetero) is 1. The minimum absolute atomic E-state index is 0.108. The number of rotatable bonds is 6. The largest absolute Gasteiger partial charge is 0.452 e. The van der Waals surface area contributed by atoms with Crippen molar-refractivity contribution >= 4 is 34.9 Å². The topological polar surface area (TPSA) is 90.3 Å². The lowest BCUT2D eigenvalue weighted by Crippen LogP contribution is -2.21. The Morgan fingerprint density at radius 1 is 1.07 bits per heavy atom. The average molecular weight is 426 g/mol. The van der Waals surface area contributed by atoms with Crippen LogP contribution < -0.4 is 5.32 Å². The number of benzene rings is 2. The number of hydrogen-bond acceptors (Lipinski definition) is 5. The zero-order chi connectivity index (χ0) is 21.8. The number of nitrogens with zero attached hydrogens (tertiary/aromatic N) is 2. The van der Waals surface area contributed by atoms with Crippen LogP contribution >= 0.6 is 11.6 Å². The van der Waals surface area contributed by atoms with Crippen molar-refractivity contribution in [1.29, 1.82) is 0 Å². The summed E-state index contributed by atoms with van der Waals surface area (Å²) in [7, 11) is 0. The van der Waals surface area contributed by atoms with Gasteiger partial charge in [-0.3, -0.25) is 9.59 Å². The Kier molecular flexibility index (Phi) is 6.32. The van der Waals surface area contributed by atoms with E-state index in [-0.39, 0.29) is 5.78 Å². The number of esters is 1. The number of carbonyl (C=O) groups is 3. The van der Waals surface area contributed by atoms with Gasteiger partial charge in [0.1, 0.15) is 0 Å². The normalized spacial score (nSPS) is 10.5. The summed E-state index contributed by atoms with van der Waals surface area (Å²) in [5, 5.41) is 7.56. The highest BCUT2D eigenvalue weighted by molar-refractivity contribution is 6.31. The molecule has 0 radical (unpaired) electrons. The van der Waals surface area contributed by atoms with Crippen LogP contribution in [0.4, 0.5) is 5.69 Å². The van der Waals surface area contributed by atoms with Gasteiger partial charge in [0.25, 0.3) is 5.91 Å². The quantitative estimate of drug-likeness (QED) is 0.473. The van der Waals surface area contributed by atoms with E-state index in [4.69, 9.17) is 16.3 Å². The molecule has 0 aliphatic carbocycles. The number of aryl methyl sites for hydroxylation is 1. The Labute approximate surface area is 178 Å². The third-order valence-corrected chi connectivity index (χ3v) is 4.98. The molecule has 0 bridgehead atoms. The first kappa shape index (κ1) is 21.3. The predicted octanol–water partition coefficient (Wildman–Crippen LogP) is 4.14. The first-order valence-corrected chi connectivity index (χ1v) is 9.54. The van der Waals surface area contributed by atoms with Crippen molar-refractivity contribution in [3.8, 4) is 5.69 Å². The second-order valence-corrected chi connectivity index (χ2v) is 7.08. The van der Waals surface area contributed by atoms with Gasteiger partial charge in [-0.1, -0.05) is 23.7 Å². The molecule has 0 saturated heterocycles. The van der Waals surface area contributed by atoms with E-state index in [1.165, 1.54) is 6.92 Å². The van der Waals surface area contributed by atoms with Crippen LogP contribution in [0.25, 0.3) is 5.69 Å². The number of ether oxygens (including phenoxy) is 1. The first-order chi connectivity index (χ1) is 14.3. The maximum atomic E-state index is 12.2. The van der Waals surface area contributed by atoms with Crippen molar-refractivity contribution in [2.75, 3.05) is 11.9 Å². The maximum absolute atomic E-state index is 12.2. The van der Waals surface area contributed by atoms with Gasteiger partial charge in [-0.05, 0) is 57.2 Å². The summed E-state index contributed by atoms with van der Waals surface area (Å²) in [6.45, 7) is 4.67. The zero-order valence-corrected chi connectivity index (χ0v) is 17.5. The molecule has 30 heavy (non-hydrogen) atoms. The van der Waals surface area contributed by atoms with Crippen LogP contribution in [0.1, 0.15) is 39.0 Å². The zero-order valence-electron chi connectivity index (χ0n) is 16.7. The van der Waals surface area contributed by atoms with Crippen LogP contribution in [-0.2, 0) is 9.53 Å². The molecular formula is C22H20ClN3O4. The Morgan fingerprint density at radius 3 is 2.37 bits per heavy atom. The molecule has 0 aliphatic heterocycles. The number of ketones is 1. The summed E-state index contributed by atoms with van der Waals surface area (Å²) in [5.74, 6) is -1.23. The van der Waals surface area contributed by atoms with Crippen molar-refractivity contribution in [1.82, 2.24) is 9.78 Å². The fourth-order valence-electron chi connectivity index (χ4n) is 2.84. The lowest BCUT2D eigenvalue weighted by atomic mass is 10.1. The lowest BCUT2D eigenvalue weighted by Gasteiger charge is -2.08. The van der Waals surface area contributed by atoms with Crippen LogP contribution in [0.5, 0.6) is 0 Å². The molecule has 7 nitrogen and oxygen atoms in total. The van der Waals surface area contributed by atoms with Crippen molar-refractivity contribution in [2.24, 2.45) is 0 Å². The summed E-state index contributed by atoms with van der Waals surface area (Å²) in [4.78, 5) is 35.7. The van der Waals surface area contributed by atoms with Crippen LogP contribution in [0.15, 0.2) is 48.5 Å². The van der Waals surface area contributed by atoms with Gasteiger partial charge in [0.15, 0.2) is 12.4 Å². The molecule has 0 fully saturated rings. The number of anilines is 1. The Bertz CT molecular complexity index is 1120. The van der Waals surface area contributed by atoms with E-state index in [0.29, 0.717) is 21.8 Å². The number of carbonyl (C=O) groups excluding carboxylic acids is 3. The summed E-state index contributed by atoms with van der Waals surface area (Å²) in [6, 6.07) is 13.2. The summed E-state index contributed by atoms with van der Waals surface area (Å²) in [6.07, 6.45) is 0. The third-order valence-electron chi connectivity index (χ3n) is 4.44. The lowest BCUT2D eigenvalue weighted by molar-refractivity contribution is -0.119. The van der Waals surface area contributed by atoms with Gasteiger partial charge in [0, 0.05) is 11.3 Å². The summed E-state index contributed by atoms with van der Waals surface area (Å²) >= 11 is 6.17. The molecule has 3 rings (SSSR count). The smallest absolute Gasteiger partial charge is 0.338 e. The van der Waals surface area contributed by atoms with Crippen LogP contribution in [0.3, 0.4) is 0 Å². The van der Waals surface area contributed by atoms with Crippen molar-refractivity contribution in [3.63, 3.8) is 0 Å². The summed E-state index contributed by atoms with van der Waals surface area (Å²) in [5.41, 5.74) is 3.51. The van der Waals surface area contributed by atoms with E-state index >= 15 is 0 Å². The van der Waals surface area contributed by atoms with E-state index in [0.717, 1.165) is 17.1 Å². The Hall–Kier alpha value is -3.45. The van der Waals surface area contributed by atoms with Crippen molar-refractivity contribution < 1.29 is 19.1 Å². The SMILES string of the molecule is CC(=O)c1cccc(NC(=O)COC(=O)c2ccc(-n3nc(C)c(Cl)c3C)cc2)c1. The van der Waals surface area contributed by atoms with Gasteiger partial charge in [0.05, 0.1) is 27.7 Å². The standard InChI is InChI=1S/C22H20ClN3O4/c1-13-21(23)14(2)26(25-13)19-9-7-16(8-10-19)22(29)30-12-20(28)24-18-6-4-5-17(11-18)15(3)27/h4-11H,12H2,1-3H3,(H,24,28). The van der Waals surface area contributed by atoms with E-state index in [1.54, 1.807) is 53.2 Å². The molecule has 1 heterocycles. The van der Waals surface area contributed by atoms with E-state index < -0.39 is 18.5 Å². The van der Waals surface area contributed by atoms with Gasteiger partial charge in [-0.2, -0.15) is 5.10 Å². The number of hydrogen-bond donors (Lipinski definition) is 1. The van der Waals surface area contributed by atoms with Crippen LogP contribution in [-0.4, -0.2) is 34.0 Å². The maximum Gasteiger partial charge on any atom is 0.338 e. The minimum atomic E-state index is -0.624. The number of halogens is 1. The van der Waals surface area contributed by atoms with Crippen LogP contribution in [0.2, 0.25) is 5.02 Å². The molecule has 8 heteroatoms. The molecule has 2 aromatic carbocycles. The highest BCUT2D eigenvalue weighted by Crippen LogP contribution is 2.22. The van der Waals surface area contributed by atoms with Crippen molar-refractivity contribution in [2.45, 2.75) is 20.8 Å². The van der Waals surface area contributed by atoms with E-state index in [1.807, 2.05) is 13.8 Å². The van der Waals surface area contributed by atoms with Gasteiger partial charge >= 0.3 is 5.97 Å². The highest BCUT2D eigenvalue weighted by atomic mass is 35.5. The van der Waals surface area contributed by atoms with E-state index in [2.05, 4.69) is 10.4 Å².